The van der Waals surface area contributed by atoms with Crippen LogP contribution in [0.1, 0.15) is 5.56 Å². The lowest BCUT2D eigenvalue weighted by Gasteiger charge is -2.36. The highest BCUT2D eigenvalue weighted by atomic mass is 16.6. The average Bonchev–Trinajstić information content (AvgIpc) is 2.52. The standard InChI is InChI=1S/C14H19NO5/c16-8-13(17)12-10-19-7-6-15(12)14(18)20-9-11-4-2-1-3-5-11/h1-5,12-13,16-17H,6-10H2/t12-,13+/m1/s1. The SMILES string of the molecule is O=C(OCc1ccccc1)N1CCOC[C@@H]1[C@@H](O)CO. The van der Waals surface area contributed by atoms with Crippen LogP contribution in [-0.2, 0) is 16.1 Å². The van der Waals surface area contributed by atoms with E-state index in [1.807, 2.05) is 30.3 Å². The molecule has 2 rings (SSSR count). The van der Waals surface area contributed by atoms with Gasteiger partial charge in [-0.1, -0.05) is 30.3 Å². The maximum atomic E-state index is 12.1. The number of aliphatic hydroxyl groups is 2. The third-order valence-electron chi connectivity index (χ3n) is 3.24. The summed E-state index contributed by atoms with van der Waals surface area (Å²) >= 11 is 0. The van der Waals surface area contributed by atoms with Crippen LogP contribution < -0.4 is 0 Å². The molecule has 0 aliphatic carbocycles. The summed E-state index contributed by atoms with van der Waals surface area (Å²) in [6, 6.07) is 8.80. The topological polar surface area (TPSA) is 79.2 Å². The smallest absolute Gasteiger partial charge is 0.410 e. The summed E-state index contributed by atoms with van der Waals surface area (Å²) in [6.45, 7) is 0.696. The lowest BCUT2D eigenvalue weighted by Crippen LogP contribution is -2.55. The fraction of sp³-hybridized carbons (Fsp3) is 0.500. The van der Waals surface area contributed by atoms with Gasteiger partial charge in [0.1, 0.15) is 6.61 Å². The molecule has 0 unspecified atom stereocenters. The number of hydrogen-bond acceptors (Lipinski definition) is 5. The molecule has 0 bridgehead atoms. The predicted octanol–water partition coefficient (Wildman–Crippen LogP) is 0.377. The van der Waals surface area contributed by atoms with Crippen molar-refractivity contribution in [2.75, 3.05) is 26.4 Å². The number of carbonyl (C=O) groups is 1. The minimum atomic E-state index is -1.03. The van der Waals surface area contributed by atoms with Crippen LogP contribution in [-0.4, -0.2) is 59.7 Å². The molecule has 1 fully saturated rings. The van der Waals surface area contributed by atoms with Gasteiger partial charge in [-0.15, -0.1) is 0 Å². The molecule has 1 heterocycles. The van der Waals surface area contributed by atoms with E-state index in [1.54, 1.807) is 0 Å². The average molecular weight is 281 g/mol. The normalized spacial score (nSPS) is 20.5. The van der Waals surface area contributed by atoms with Crippen molar-refractivity contribution >= 4 is 6.09 Å². The molecule has 1 aliphatic heterocycles. The monoisotopic (exact) mass is 281 g/mol. The first-order chi connectivity index (χ1) is 9.72. The number of morpholine rings is 1. The molecule has 1 saturated heterocycles. The molecule has 0 saturated carbocycles. The van der Waals surface area contributed by atoms with Gasteiger partial charge in [-0.05, 0) is 5.56 Å². The molecule has 2 N–H and O–H groups in total. The van der Waals surface area contributed by atoms with Crippen molar-refractivity contribution in [1.82, 2.24) is 4.90 Å². The summed E-state index contributed by atoms with van der Waals surface area (Å²) in [7, 11) is 0. The van der Waals surface area contributed by atoms with Crippen LogP contribution in [0.25, 0.3) is 0 Å². The fourth-order valence-electron chi connectivity index (χ4n) is 2.09. The Morgan fingerprint density at radius 3 is 2.90 bits per heavy atom. The molecule has 1 aromatic rings. The Balaban J connectivity index is 1.92. The molecule has 6 nitrogen and oxygen atoms in total. The van der Waals surface area contributed by atoms with Crippen LogP contribution in [0, 0.1) is 0 Å². The predicted molar refractivity (Wildman–Crippen MR) is 71.0 cm³/mol. The number of aliphatic hydroxyl groups excluding tert-OH is 2. The molecule has 0 aromatic heterocycles. The van der Waals surface area contributed by atoms with Crippen LogP contribution in [0.3, 0.4) is 0 Å². The zero-order valence-electron chi connectivity index (χ0n) is 11.1. The second kappa shape index (κ2) is 7.23. The number of rotatable bonds is 4. The van der Waals surface area contributed by atoms with E-state index < -0.39 is 24.8 Å². The molecule has 110 valence electrons. The van der Waals surface area contributed by atoms with Gasteiger partial charge in [0.2, 0.25) is 0 Å². The minimum absolute atomic E-state index is 0.180. The van der Waals surface area contributed by atoms with Gasteiger partial charge in [-0.3, -0.25) is 4.90 Å². The highest BCUT2D eigenvalue weighted by molar-refractivity contribution is 5.68. The third kappa shape index (κ3) is 3.69. The number of ether oxygens (including phenoxy) is 2. The van der Waals surface area contributed by atoms with Gasteiger partial charge < -0.3 is 19.7 Å². The summed E-state index contributed by atoms with van der Waals surface area (Å²) in [6.07, 6.45) is -1.53. The summed E-state index contributed by atoms with van der Waals surface area (Å²) < 4.78 is 10.5. The van der Waals surface area contributed by atoms with Crippen molar-refractivity contribution in [3.05, 3.63) is 35.9 Å². The maximum absolute atomic E-state index is 12.1. The Kier molecular flexibility index (Phi) is 5.34. The van der Waals surface area contributed by atoms with Crippen LogP contribution >= 0.6 is 0 Å². The lowest BCUT2D eigenvalue weighted by molar-refractivity contribution is -0.0668. The van der Waals surface area contributed by atoms with Crippen LogP contribution in [0.5, 0.6) is 0 Å². The largest absolute Gasteiger partial charge is 0.445 e. The van der Waals surface area contributed by atoms with Gasteiger partial charge in [-0.25, -0.2) is 4.79 Å². The molecule has 6 heteroatoms. The van der Waals surface area contributed by atoms with Crippen LogP contribution in [0.2, 0.25) is 0 Å². The zero-order valence-corrected chi connectivity index (χ0v) is 11.1. The number of carbonyl (C=O) groups excluding carboxylic acids is 1. The zero-order chi connectivity index (χ0) is 14.4. The second-order valence-corrected chi connectivity index (χ2v) is 4.63. The molecular formula is C14H19NO5. The maximum Gasteiger partial charge on any atom is 0.410 e. The van der Waals surface area contributed by atoms with E-state index in [4.69, 9.17) is 14.6 Å². The van der Waals surface area contributed by atoms with Crippen molar-refractivity contribution in [3.63, 3.8) is 0 Å². The molecule has 1 aliphatic rings. The molecule has 0 radical (unpaired) electrons. The van der Waals surface area contributed by atoms with E-state index in [0.29, 0.717) is 13.2 Å². The van der Waals surface area contributed by atoms with Gasteiger partial charge in [0.05, 0.1) is 32.0 Å². The van der Waals surface area contributed by atoms with E-state index in [-0.39, 0.29) is 13.2 Å². The molecule has 1 amide bonds. The molecular weight excluding hydrogens is 262 g/mol. The molecule has 2 atom stereocenters. The van der Waals surface area contributed by atoms with Gasteiger partial charge in [0.25, 0.3) is 0 Å². The number of hydrogen-bond donors (Lipinski definition) is 2. The van der Waals surface area contributed by atoms with Crippen molar-refractivity contribution in [3.8, 4) is 0 Å². The van der Waals surface area contributed by atoms with Gasteiger partial charge in [-0.2, -0.15) is 0 Å². The van der Waals surface area contributed by atoms with Crippen LogP contribution in [0.15, 0.2) is 30.3 Å². The van der Waals surface area contributed by atoms with Gasteiger partial charge in [0, 0.05) is 6.54 Å². The summed E-state index contributed by atoms with van der Waals surface area (Å²) in [5, 5.41) is 18.7. The quantitative estimate of drug-likeness (QED) is 0.834. The molecule has 20 heavy (non-hydrogen) atoms. The third-order valence-corrected chi connectivity index (χ3v) is 3.24. The number of benzene rings is 1. The Morgan fingerprint density at radius 1 is 1.45 bits per heavy atom. The number of nitrogens with zero attached hydrogens (tertiary/aromatic N) is 1. The summed E-state index contributed by atoms with van der Waals surface area (Å²) in [4.78, 5) is 13.5. The Bertz CT molecular complexity index is 425. The molecule has 0 spiro atoms. The summed E-state index contributed by atoms with van der Waals surface area (Å²) in [5.74, 6) is 0. The van der Waals surface area contributed by atoms with E-state index in [0.717, 1.165) is 5.56 Å². The minimum Gasteiger partial charge on any atom is -0.445 e. The van der Waals surface area contributed by atoms with Crippen molar-refractivity contribution in [2.45, 2.75) is 18.8 Å². The van der Waals surface area contributed by atoms with Crippen LogP contribution in [0.4, 0.5) is 4.79 Å². The van der Waals surface area contributed by atoms with Crippen molar-refractivity contribution in [1.29, 1.82) is 0 Å². The van der Waals surface area contributed by atoms with Crippen molar-refractivity contribution < 1.29 is 24.5 Å². The first kappa shape index (κ1) is 14.8. The Hall–Kier alpha value is -1.63. The highest BCUT2D eigenvalue weighted by Gasteiger charge is 2.33. The highest BCUT2D eigenvalue weighted by Crippen LogP contribution is 2.13. The van der Waals surface area contributed by atoms with E-state index in [9.17, 15) is 9.90 Å². The number of amides is 1. The van der Waals surface area contributed by atoms with Crippen molar-refractivity contribution in [2.24, 2.45) is 0 Å². The Morgan fingerprint density at radius 2 is 2.20 bits per heavy atom. The van der Waals surface area contributed by atoms with E-state index in [1.165, 1.54) is 4.90 Å². The fourth-order valence-corrected chi connectivity index (χ4v) is 2.09. The molecule has 1 aromatic carbocycles. The lowest BCUT2D eigenvalue weighted by atomic mass is 10.1. The summed E-state index contributed by atoms with van der Waals surface area (Å²) in [5.41, 5.74) is 0.897. The van der Waals surface area contributed by atoms with Gasteiger partial charge >= 0.3 is 6.09 Å². The first-order valence-electron chi connectivity index (χ1n) is 6.56. The first-order valence-corrected chi connectivity index (χ1v) is 6.56. The van der Waals surface area contributed by atoms with Gasteiger partial charge in [0.15, 0.2) is 0 Å². The second-order valence-electron chi connectivity index (χ2n) is 4.63. The van der Waals surface area contributed by atoms with E-state index >= 15 is 0 Å². The Labute approximate surface area is 117 Å². The van der Waals surface area contributed by atoms with E-state index in [2.05, 4.69) is 0 Å².